The zero-order valence-corrected chi connectivity index (χ0v) is 22.2. The Labute approximate surface area is 225 Å². The first-order chi connectivity index (χ1) is 18.6. The highest BCUT2D eigenvalue weighted by atomic mass is 16.5. The van der Waals surface area contributed by atoms with E-state index in [1.54, 1.807) is 4.90 Å². The van der Waals surface area contributed by atoms with Crippen LogP contribution < -0.4 is 4.74 Å². The molecule has 3 aliphatic rings. The summed E-state index contributed by atoms with van der Waals surface area (Å²) >= 11 is 0. The fourth-order valence-electron chi connectivity index (χ4n) is 6.24. The van der Waals surface area contributed by atoms with Crippen molar-refractivity contribution in [3.8, 4) is 5.75 Å². The number of piperidine rings is 1. The highest BCUT2D eigenvalue weighted by Crippen LogP contribution is 2.28. The fraction of sp³-hybridized carbons (Fsp3) is 0.516. The second kappa shape index (κ2) is 12.6. The molecule has 3 saturated heterocycles. The number of rotatable bonds is 9. The summed E-state index contributed by atoms with van der Waals surface area (Å²) in [7, 11) is 0. The van der Waals surface area contributed by atoms with E-state index in [1.807, 2.05) is 53.4 Å². The van der Waals surface area contributed by atoms with Gasteiger partial charge in [-0.3, -0.25) is 19.3 Å². The molecule has 0 aliphatic carbocycles. The second-order valence-electron chi connectivity index (χ2n) is 10.7. The van der Waals surface area contributed by atoms with E-state index in [-0.39, 0.29) is 30.2 Å². The molecule has 7 heteroatoms. The number of ketones is 1. The van der Waals surface area contributed by atoms with Gasteiger partial charge in [0.05, 0.1) is 12.1 Å². The Hall–Kier alpha value is -3.19. The van der Waals surface area contributed by atoms with Crippen LogP contribution in [0.3, 0.4) is 0 Å². The molecule has 2 aromatic carbocycles. The highest BCUT2D eigenvalue weighted by Gasteiger charge is 2.44. The molecule has 0 aromatic heterocycles. The monoisotopic (exact) mass is 517 g/mol. The van der Waals surface area contributed by atoms with Crippen LogP contribution in [-0.4, -0.2) is 83.2 Å². The number of nitrogens with zero attached hydrogens (tertiary/aromatic N) is 3. The lowest BCUT2D eigenvalue weighted by Crippen LogP contribution is -2.56. The average Bonchev–Trinajstić information content (AvgIpc) is 3.66. The summed E-state index contributed by atoms with van der Waals surface area (Å²) < 4.78 is 5.69. The molecule has 3 aliphatic heterocycles. The maximum absolute atomic E-state index is 14.1. The number of carbonyl (C=O) groups is 3. The number of hydrogen-bond acceptors (Lipinski definition) is 5. The molecule has 0 bridgehead atoms. The summed E-state index contributed by atoms with van der Waals surface area (Å²) in [6, 6.07) is 18.2. The molecule has 202 valence electrons. The van der Waals surface area contributed by atoms with Gasteiger partial charge >= 0.3 is 0 Å². The van der Waals surface area contributed by atoms with Gasteiger partial charge in [-0.2, -0.15) is 0 Å². The number of hydrogen-bond donors (Lipinski definition) is 0. The normalized spacial score (nSPS) is 22.8. The van der Waals surface area contributed by atoms with E-state index in [9.17, 15) is 14.4 Å². The third-order valence-corrected chi connectivity index (χ3v) is 8.24. The van der Waals surface area contributed by atoms with E-state index in [0.717, 1.165) is 44.3 Å². The predicted molar refractivity (Wildman–Crippen MR) is 146 cm³/mol. The van der Waals surface area contributed by atoms with E-state index in [4.69, 9.17) is 4.74 Å². The van der Waals surface area contributed by atoms with Crippen molar-refractivity contribution in [2.75, 3.05) is 32.8 Å². The lowest BCUT2D eigenvalue weighted by atomic mass is 10.00. The molecule has 38 heavy (non-hydrogen) atoms. The first kappa shape index (κ1) is 26.4. The summed E-state index contributed by atoms with van der Waals surface area (Å²) in [5.74, 6) is 0.543. The number of amides is 2. The number of para-hydroxylation sites is 1. The standard InChI is InChI=1S/C31H39N3O4/c35-29(23-38-25-14-6-2-7-15-25)26-16-10-20-33(26)30(36)27-17-11-21-34(27)31(37)28(32-18-8-3-9-19-32)22-24-12-4-1-5-13-24/h1-2,4-7,12-15,26-28H,3,8-11,16-23H2/t26-,27-,28?/m0/s1. The molecule has 0 saturated carbocycles. The molecule has 3 atom stereocenters. The van der Waals surface area contributed by atoms with Crippen molar-refractivity contribution in [3.63, 3.8) is 0 Å². The molecule has 2 amide bonds. The molecule has 1 unspecified atom stereocenters. The molecule has 0 radical (unpaired) electrons. The van der Waals surface area contributed by atoms with Crippen molar-refractivity contribution in [2.45, 2.75) is 69.5 Å². The van der Waals surface area contributed by atoms with Gasteiger partial charge in [0.15, 0.2) is 5.78 Å². The van der Waals surface area contributed by atoms with Crippen LogP contribution in [0.2, 0.25) is 0 Å². The molecule has 3 fully saturated rings. The smallest absolute Gasteiger partial charge is 0.245 e. The molecular formula is C31H39N3O4. The second-order valence-corrected chi connectivity index (χ2v) is 10.7. The predicted octanol–water partition coefficient (Wildman–Crippen LogP) is 3.71. The number of ether oxygens (including phenoxy) is 1. The fourth-order valence-corrected chi connectivity index (χ4v) is 6.24. The lowest BCUT2D eigenvalue weighted by Gasteiger charge is -2.38. The molecule has 0 N–H and O–H groups in total. The molecule has 0 spiro atoms. The zero-order chi connectivity index (χ0) is 26.3. The van der Waals surface area contributed by atoms with E-state index in [2.05, 4.69) is 17.0 Å². The first-order valence-electron chi connectivity index (χ1n) is 14.2. The number of Topliss-reactive ketones (excluding diaryl/α,β-unsaturated/α-hetero) is 1. The number of benzene rings is 2. The highest BCUT2D eigenvalue weighted by molar-refractivity contribution is 5.95. The Morgan fingerprint density at radius 2 is 1.37 bits per heavy atom. The van der Waals surface area contributed by atoms with Crippen LogP contribution in [0.25, 0.3) is 0 Å². The van der Waals surface area contributed by atoms with Crippen molar-refractivity contribution in [2.24, 2.45) is 0 Å². The summed E-state index contributed by atoms with van der Waals surface area (Å²) in [5, 5.41) is 0. The summed E-state index contributed by atoms with van der Waals surface area (Å²) in [4.78, 5) is 46.9. The van der Waals surface area contributed by atoms with Gasteiger partial charge in [0.1, 0.15) is 18.4 Å². The van der Waals surface area contributed by atoms with Gasteiger partial charge in [-0.1, -0.05) is 55.0 Å². The maximum atomic E-state index is 14.1. The van der Waals surface area contributed by atoms with E-state index < -0.39 is 12.1 Å². The van der Waals surface area contributed by atoms with E-state index >= 15 is 0 Å². The van der Waals surface area contributed by atoms with Crippen molar-refractivity contribution >= 4 is 17.6 Å². The van der Waals surface area contributed by atoms with Crippen LogP contribution in [-0.2, 0) is 20.8 Å². The third kappa shape index (κ3) is 6.09. The van der Waals surface area contributed by atoms with Crippen LogP contribution in [0, 0.1) is 0 Å². The van der Waals surface area contributed by atoms with Gasteiger partial charge in [-0.05, 0) is 75.7 Å². The zero-order valence-electron chi connectivity index (χ0n) is 22.2. The van der Waals surface area contributed by atoms with Gasteiger partial charge in [0.25, 0.3) is 0 Å². The topological polar surface area (TPSA) is 70.2 Å². The van der Waals surface area contributed by atoms with Crippen LogP contribution in [0.4, 0.5) is 0 Å². The third-order valence-electron chi connectivity index (χ3n) is 8.24. The SMILES string of the molecule is O=C(COc1ccccc1)[C@@H]1CCCN1C(=O)[C@@H]1CCCN1C(=O)C(Cc1ccccc1)N1CCCCC1. The maximum Gasteiger partial charge on any atom is 0.245 e. The minimum absolute atomic E-state index is 0.0557. The number of likely N-dealkylation sites (tertiary alicyclic amines) is 3. The van der Waals surface area contributed by atoms with Gasteiger partial charge in [0.2, 0.25) is 11.8 Å². The Kier molecular flexibility index (Phi) is 8.74. The molecule has 5 rings (SSSR count). The van der Waals surface area contributed by atoms with Crippen molar-refractivity contribution in [3.05, 3.63) is 66.2 Å². The summed E-state index contributed by atoms with van der Waals surface area (Å²) in [6.07, 6.45) is 6.95. The van der Waals surface area contributed by atoms with Gasteiger partial charge in [-0.25, -0.2) is 0 Å². The minimum atomic E-state index is -0.492. The molecular weight excluding hydrogens is 478 g/mol. The Morgan fingerprint density at radius 1 is 0.737 bits per heavy atom. The largest absolute Gasteiger partial charge is 0.486 e. The van der Waals surface area contributed by atoms with Crippen LogP contribution in [0.15, 0.2) is 60.7 Å². The van der Waals surface area contributed by atoms with Crippen LogP contribution in [0.5, 0.6) is 5.75 Å². The Morgan fingerprint density at radius 3 is 2.08 bits per heavy atom. The van der Waals surface area contributed by atoms with Crippen molar-refractivity contribution in [1.82, 2.24) is 14.7 Å². The van der Waals surface area contributed by atoms with Gasteiger partial charge in [-0.15, -0.1) is 0 Å². The van der Waals surface area contributed by atoms with Crippen molar-refractivity contribution in [1.29, 1.82) is 0 Å². The van der Waals surface area contributed by atoms with Crippen molar-refractivity contribution < 1.29 is 19.1 Å². The number of carbonyl (C=O) groups excluding carboxylic acids is 3. The van der Waals surface area contributed by atoms with E-state index in [0.29, 0.717) is 38.1 Å². The first-order valence-corrected chi connectivity index (χ1v) is 14.2. The Balaban J connectivity index is 1.28. The van der Waals surface area contributed by atoms with Gasteiger partial charge in [0, 0.05) is 13.1 Å². The van der Waals surface area contributed by atoms with Gasteiger partial charge < -0.3 is 14.5 Å². The average molecular weight is 518 g/mol. The quantitative estimate of drug-likeness (QED) is 0.507. The lowest BCUT2D eigenvalue weighted by molar-refractivity contribution is -0.149. The molecule has 3 heterocycles. The summed E-state index contributed by atoms with van der Waals surface area (Å²) in [5.41, 5.74) is 1.14. The minimum Gasteiger partial charge on any atom is -0.486 e. The van der Waals surface area contributed by atoms with Crippen LogP contribution >= 0.6 is 0 Å². The van der Waals surface area contributed by atoms with Crippen LogP contribution in [0.1, 0.15) is 50.5 Å². The Bertz CT molecular complexity index is 1090. The molecule has 7 nitrogen and oxygen atoms in total. The van der Waals surface area contributed by atoms with E-state index in [1.165, 1.54) is 6.42 Å². The molecule has 2 aromatic rings. The summed E-state index contributed by atoms with van der Waals surface area (Å²) in [6.45, 7) is 2.93.